The molecule has 7 nitrogen and oxygen atoms in total. The summed E-state index contributed by atoms with van der Waals surface area (Å²) in [6, 6.07) is 10.6. The predicted octanol–water partition coefficient (Wildman–Crippen LogP) is 3.53. The summed E-state index contributed by atoms with van der Waals surface area (Å²) in [5, 5.41) is 9.67. The van der Waals surface area contributed by atoms with Crippen LogP contribution in [0.15, 0.2) is 46.6 Å². The zero-order valence-electron chi connectivity index (χ0n) is 15.1. The third kappa shape index (κ3) is 3.32. The molecule has 0 saturated carbocycles. The van der Waals surface area contributed by atoms with Gasteiger partial charge in [0.05, 0.1) is 4.88 Å². The standard InChI is InChI=1S/C19H16ClN5O2S/c1-11-9-17(27)25-19(22-18(23-25)15-7-4-8-28-15)24(11)10-16(26)21-14-6-3-5-13(20)12(14)2/h3-9H,10H2,1-2H3,(H,21,26). The minimum Gasteiger partial charge on any atom is -0.324 e. The van der Waals surface area contributed by atoms with E-state index in [0.29, 0.717) is 28.0 Å². The minimum atomic E-state index is -0.287. The maximum atomic E-state index is 12.7. The van der Waals surface area contributed by atoms with E-state index in [1.54, 1.807) is 29.7 Å². The summed E-state index contributed by atoms with van der Waals surface area (Å²) < 4.78 is 2.89. The molecule has 0 unspecified atom stereocenters. The second-order valence-corrected chi connectivity index (χ2v) is 7.65. The fourth-order valence-corrected chi connectivity index (χ4v) is 3.71. The number of hydrogen-bond acceptors (Lipinski definition) is 5. The van der Waals surface area contributed by atoms with Crippen LogP contribution in [-0.2, 0) is 11.3 Å². The average Bonchev–Trinajstić information content (AvgIpc) is 3.32. The molecule has 4 aromatic rings. The number of nitrogens with one attached hydrogen (secondary N) is 1. The lowest BCUT2D eigenvalue weighted by Crippen LogP contribution is -2.25. The molecule has 0 fully saturated rings. The summed E-state index contributed by atoms with van der Waals surface area (Å²) in [6.07, 6.45) is 0. The van der Waals surface area contributed by atoms with Gasteiger partial charge >= 0.3 is 0 Å². The van der Waals surface area contributed by atoms with Crippen molar-refractivity contribution in [3.8, 4) is 10.7 Å². The Morgan fingerprint density at radius 3 is 2.82 bits per heavy atom. The molecule has 0 atom stereocenters. The number of anilines is 1. The number of aryl methyl sites for hydroxylation is 1. The van der Waals surface area contributed by atoms with E-state index < -0.39 is 0 Å². The van der Waals surface area contributed by atoms with Crippen LogP contribution in [0.2, 0.25) is 5.02 Å². The van der Waals surface area contributed by atoms with Crippen LogP contribution in [0.25, 0.3) is 16.5 Å². The monoisotopic (exact) mass is 413 g/mol. The number of rotatable bonds is 4. The zero-order valence-corrected chi connectivity index (χ0v) is 16.7. The molecule has 3 heterocycles. The van der Waals surface area contributed by atoms with E-state index in [-0.39, 0.29) is 18.0 Å². The van der Waals surface area contributed by atoms with Crippen LogP contribution in [0.5, 0.6) is 0 Å². The number of halogens is 1. The fourth-order valence-electron chi connectivity index (χ4n) is 2.88. The molecule has 1 aromatic carbocycles. The predicted molar refractivity (Wildman–Crippen MR) is 110 cm³/mol. The number of nitrogens with zero attached hydrogens (tertiary/aromatic N) is 4. The first-order valence-corrected chi connectivity index (χ1v) is 9.76. The van der Waals surface area contributed by atoms with Gasteiger partial charge in [-0.3, -0.25) is 9.59 Å². The lowest BCUT2D eigenvalue weighted by molar-refractivity contribution is -0.116. The number of amides is 1. The maximum Gasteiger partial charge on any atom is 0.275 e. The maximum absolute atomic E-state index is 12.7. The SMILES string of the molecule is Cc1c(Cl)cccc1NC(=O)Cn1c(C)cc(=O)n2nc(-c3cccs3)nc12. The third-order valence-corrected chi connectivity index (χ3v) is 5.66. The highest BCUT2D eigenvalue weighted by molar-refractivity contribution is 7.13. The second-order valence-electron chi connectivity index (χ2n) is 6.30. The Morgan fingerprint density at radius 1 is 1.25 bits per heavy atom. The Kier molecular flexibility index (Phi) is 4.74. The van der Waals surface area contributed by atoms with Crippen LogP contribution in [-0.4, -0.2) is 25.1 Å². The molecular formula is C19H16ClN5O2S. The summed E-state index contributed by atoms with van der Waals surface area (Å²) in [5.41, 5.74) is 1.78. The topological polar surface area (TPSA) is 81.3 Å². The zero-order chi connectivity index (χ0) is 19.8. The first-order chi connectivity index (χ1) is 13.4. The van der Waals surface area contributed by atoms with E-state index in [1.165, 1.54) is 21.9 Å². The average molecular weight is 414 g/mol. The van der Waals surface area contributed by atoms with Crippen molar-refractivity contribution in [1.29, 1.82) is 0 Å². The van der Waals surface area contributed by atoms with Crippen molar-refractivity contribution in [3.05, 3.63) is 68.4 Å². The van der Waals surface area contributed by atoms with E-state index in [1.807, 2.05) is 24.4 Å². The van der Waals surface area contributed by atoms with Crippen molar-refractivity contribution in [2.45, 2.75) is 20.4 Å². The van der Waals surface area contributed by atoms with Crippen LogP contribution < -0.4 is 10.9 Å². The summed E-state index contributed by atoms with van der Waals surface area (Å²) in [5.74, 6) is 0.531. The Bertz CT molecular complexity index is 1240. The van der Waals surface area contributed by atoms with Crippen LogP contribution in [0.3, 0.4) is 0 Å². The lowest BCUT2D eigenvalue weighted by Gasteiger charge is -2.13. The van der Waals surface area contributed by atoms with E-state index in [0.717, 1.165) is 10.4 Å². The van der Waals surface area contributed by atoms with Gasteiger partial charge < -0.3 is 9.88 Å². The molecule has 0 bridgehead atoms. The van der Waals surface area contributed by atoms with Gasteiger partial charge in [0.2, 0.25) is 11.7 Å². The lowest BCUT2D eigenvalue weighted by atomic mass is 10.2. The van der Waals surface area contributed by atoms with Crippen molar-refractivity contribution in [2.75, 3.05) is 5.32 Å². The van der Waals surface area contributed by atoms with E-state index in [4.69, 9.17) is 11.6 Å². The number of benzene rings is 1. The van der Waals surface area contributed by atoms with Gasteiger partial charge in [0, 0.05) is 22.5 Å². The van der Waals surface area contributed by atoms with Gasteiger partial charge in [0.1, 0.15) is 6.54 Å². The molecular weight excluding hydrogens is 398 g/mol. The van der Waals surface area contributed by atoms with Crippen molar-refractivity contribution in [1.82, 2.24) is 19.2 Å². The molecule has 0 aliphatic carbocycles. The fraction of sp³-hybridized carbons (Fsp3) is 0.158. The van der Waals surface area contributed by atoms with E-state index in [9.17, 15) is 9.59 Å². The molecule has 1 N–H and O–H groups in total. The van der Waals surface area contributed by atoms with Gasteiger partial charge in [-0.25, -0.2) is 0 Å². The molecule has 28 heavy (non-hydrogen) atoms. The highest BCUT2D eigenvalue weighted by atomic mass is 35.5. The van der Waals surface area contributed by atoms with Crippen molar-refractivity contribution in [3.63, 3.8) is 0 Å². The Balaban J connectivity index is 1.71. The van der Waals surface area contributed by atoms with Gasteiger partial charge in [0.15, 0.2) is 5.82 Å². The van der Waals surface area contributed by atoms with Gasteiger partial charge in [-0.05, 0) is 43.0 Å². The quantitative estimate of drug-likeness (QED) is 0.555. The highest BCUT2D eigenvalue weighted by Crippen LogP contribution is 2.23. The Morgan fingerprint density at radius 2 is 2.07 bits per heavy atom. The van der Waals surface area contributed by atoms with E-state index >= 15 is 0 Å². The van der Waals surface area contributed by atoms with Gasteiger partial charge in [-0.15, -0.1) is 16.4 Å². The molecule has 0 aliphatic rings. The molecule has 3 aromatic heterocycles. The Labute approximate surface area is 169 Å². The molecule has 0 radical (unpaired) electrons. The van der Waals surface area contributed by atoms with Gasteiger partial charge in [-0.2, -0.15) is 9.50 Å². The number of aromatic nitrogens is 4. The Hall–Kier alpha value is -2.97. The molecule has 0 saturated heterocycles. The molecule has 0 aliphatic heterocycles. The van der Waals surface area contributed by atoms with Crippen LogP contribution in [0, 0.1) is 13.8 Å². The van der Waals surface area contributed by atoms with Crippen molar-refractivity contribution < 1.29 is 4.79 Å². The van der Waals surface area contributed by atoms with Crippen LogP contribution in [0.4, 0.5) is 5.69 Å². The number of fused-ring (bicyclic) bond motifs is 1. The van der Waals surface area contributed by atoms with Crippen molar-refractivity contribution in [2.24, 2.45) is 0 Å². The molecule has 142 valence electrons. The highest BCUT2D eigenvalue weighted by Gasteiger charge is 2.16. The van der Waals surface area contributed by atoms with Gasteiger partial charge in [0.25, 0.3) is 5.56 Å². The summed E-state index contributed by atoms with van der Waals surface area (Å²) >= 11 is 7.60. The first kappa shape index (κ1) is 18.4. The smallest absolute Gasteiger partial charge is 0.275 e. The molecule has 9 heteroatoms. The van der Waals surface area contributed by atoms with Crippen molar-refractivity contribution >= 4 is 40.3 Å². The number of carbonyl (C=O) groups excluding carboxylic acids is 1. The van der Waals surface area contributed by atoms with Gasteiger partial charge in [-0.1, -0.05) is 23.7 Å². The largest absolute Gasteiger partial charge is 0.324 e. The normalized spacial score (nSPS) is 11.1. The molecule has 0 spiro atoms. The number of hydrogen-bond donors (Lipinski definition) is 1. The first-order valence-electron chi connectivity index (χ1n) is 8.50. The number of thiophene rings is 1. The summed E-state index contributed by atoms with van der Waals surface area (Å²) in [7, 11) is 0. The van der Waals surface area contributed by atoms with Crippen LogP contribution in [0.1, 0.15) is 11.3 Å². The minimum absolute atomic E-state index is 0.00978. The van der Waals surface area contributed by atoms with Crippen LogP contribution >= 0.6 is 22.9 Å². The summed E-state index contributed by atoms with van der Waals surface area (Å²) in [4.78, 5) is 30.3. The second kappa shape index (κ2) is 7.21. The number of carbonyl (C=O) groups is 1. The molecule has 1 amide bonds. The van der Waals surface area contributed by atoms with E-state index in [2.05, 4.69) is 15.4 Å². The third-order valence-electron chi connectivity index (χ3n) is 4.38. The molecule has 4 rings (SSSR count). The summed E-state index contributed by atoms with van der Waals surface area (Å²) in [6.45, 7) is 3.59.